The van der Waals surface area contributed by atoms with E-state index in [4.69, 9.17) is 11.6 Å². The van der Waals surface area contributed by atoms with Gasteiger partial charge in [0.2, 0.25) is 0 Å². The van der Waals surface area contributed by atoms with E-state index in [1.54, 1.807) is 6.92 Å². The number of Topliss-reactive ketones (excluding diaryl/α,β-unsaturated/α-hetero) is 1. The van der Waals surface area contributed by atoms with E-state index in [2.05, 4.69) is 6.92 Å². The lowest BCUT2D eigenvalue weighted by Gasteiger charge is -1.87. The molecule has 0 fully saturated rings. The van der Waals surface area contributed by atoms with Crippen molar-refractivity contribution < 1.29 is 4.79 Å². The summed E-state index contributed by atoms with van der Waals surface area (Å²) in [5, 5.41) is 0.733. The van der Waals surface area contributed by atoms with Crippen molar-refractivity contribution in [2.24, 2.45) is 0 Å². The molecule has 9 heavy (non-hydrogen) atoms. The number of carbonyl (C=O) groups excluding carboxylic acids is 1. The van der Waals surface area contributed by atoms with Crippen LogP contribution < -0.4 is 0 Å². The molecule has 0 aliphatic carbocycles. The van der Waals surface area contributed by atoms with Crippen molar-refractivity contribution in [3.8, 4) is 0 Å². The SMILES string of the molecule is [CH2]C(=O)CCC=C(C)Cl. The van der Waals surface area contributed by atoms with E-state index in [1.807, 2.05) is 6.08 Å². The van der Waals surface area contributed by atoms with Gasteiger partial charge in [0.25, 0.3) is 0 Å². The van der Waals surface area contributed by atoms with Crippen LogP contribution in [-0.2, 0) is 4.79 Å². The summed E-state index contributed by atoms with van der Waals surface area (Å²) in [5.74, 6) is -0.0378. The Kier molecular flexibility index (Phi) is 4.41. The van der Waals surface area contributed by atoms with Gasteiger partial charge < -0.3 is 0 Å². The summed E-state index contributed by atoms with van der Waals surface area (Å²) in [7, 11) is 0. The van der Waals surface area contributed by atoms with Gasteiger partial charge in [-0.1, -0.05) is 17.7 Å². The van der Waals surface area contributed by atoms with Crippen molar-refractivity contribution in [2.45, 2.75) is 19.8 Å². The van der Waals surface area contributed by atoms with Crippen molar-refractivity contribution in [2.75, 3.05) is 0 Å². The number of hydrogen-bond donors (Lipinski definition) is 0. The molecule has 0 aliphatic rings. The second kappa shape index (κ2) is 4.57. The van der Waals surface area contributed by atoms with Gasteiger partial charge in [-0.25, -0.2) is 0 Å². The van der Waals surface area contributed by atoms with E-state index in [0.717, 1.165) is 5.03 Å². The summed E-state index contributed by atoms with van der Waals surface area (Å²) in [5.41, 5.74) is 0. The highest BCUT2D eigenvalue weighted by molar-refractivity contribution is 6.29. The highest BCUT2D eigenvalue weighted by Crippen LogP contribution is 2.01. The highest BCUT2D eigenvalue weighted by atomic mass is 35.5. The molecule has 0 bridgehead atoms. The van der Waals surface area contributed by atoms with Gasteiger partial charge in [-0.05, 0) is 13.3 Å². The second-order valence-electron chi connectivity index (χ2n) is 1.87. The van der Waals surface area contributed by atoms with Gasteiger partial charge in [0.15, 0.2) is 0 Å². The van der Waals surface area contributed by atoms with E-state index < -0.39 is 0 Å². The maximum atomic E-state index is 10.2. The zero-order valence-electron chi connectivity index (χ0n) is 5.48. The van der Waals surface area contributed by atoms with Gasteiger partial charge in [0.1, 0.15) is 5.78 Å². The molecule has 51 valence electrons. The molecule has 0 aliphatic heterocycles. The van der Waals surface area contributed by atoms with Crippen molar-refractivity contribution in [3.63, 3.8) is 0 Å². The number of allylic oxidation sites excluding steroid dienone is 2. The fourth-order valence-corrected chi connectivity index (χ4v) is 0.541. The minimum Gasteiger partial charge on any atom is -0.300 e. The molecular formula is C7H10ClO. The normalized spacial score (nSPS) is 11.7. The molecule has 0 rings (SSSR count). The first kappa shape index (κ1) is 8.70. The average Bonchev–Trinajstić information content (AvgIpc) is 1.63. The third-order valence-corrected chi connectivity index (χ3v) is 1.00. The third-order valence-electron chi connectivity index (χ3n) is 0.849. The van der Waals surface area contributed by atoms with Crippen LogP contribution in [-0.4, -0.2) is 5.78 Å². The molecule has 0 saturated heterocycles. The lowest BCUT2D eigenvalue weighted by Crippen LogP contribution is -1.86. The Morgan fingerprint density at radius 2 is 2.33 bits per heavy atom. The first-order valence-corrected chi connectivity index (χ1v) is 3.18. The summed E-state index contributed by atoms with van der Waals surface area (Å²) in [4.78, 5) is 10.2. The van der Waals surface area contributed by atoms with Crippen LogP contribution in [0.25, 0.3) is 0 Å². The average molecular weight is 146 g/mol. The van der Waals surface area contributed by atoms with Crippen LogP contribution in [0.4, 0.5) is 0 Å². The van der Waals surface area contributed by atoms with Crippen LogP contribution in [0, 0.1) is 6.92 Å². The van der Waals surface area contributed by atoms with Crippen molar-refractivity contribution in [1.82, 2.24) is 0 Å². The van der Waals surface area contributed by atoms with Crippen LogP contribution in [0.3, 0.4) is 0 Å². The Morgan fingerprint density at radius 1 is 1.78 bits per heavy atom. The number of hydrogen-bond acceptors (Lipinski definition) is 1. The monoisotopic (exact) mass is 145 g/mol. The zero-order chi connectivity index (χ0) is 7.28. The van der Waals surface area contributed by atoms with E-state index in [0.29, 0.717) is 12.8 Å². The van der Waals surface area contributed by atoms with Gasteiger partial charge in [-0.3, -0.25) is 4.79 Å². The predicted molar refractivity (Wildman–Crippen MR) is 39.2 cm³/mol. The first-order chi connectivity index (χ1) is 4.13. The molecular weight excluding hydrogens is 136 g/mol. The number of halogens is 1. The molecule has 0 heterocycles. The Hall–Kier alpha value is -0.300. The fourth-order valence-electron chi connectivity index (χ4n) is 0.432. The van der Waals surface area contributed by atoms with Crippen LogP contribution in [0.15, 0.2) is 11.1 Å². The van der Waals surface area contributed by atoms with Gasteiger partial charge in [0.05, 0.1) is 0 Å². The van der Waals surface area contributed by atoms with Crippen LogP contribution in [0.1, 0.15) is 19.8 Å². The molecule has 0 spiro atoms. The maximum absolute atomic E-state index is 10.2. The minimum absolute atomic E-state index is 0.0378. The van der Waals surface area contributed by atoms with Gasteiger partial charge in [-0.2, -0.15) is 0 Å². The van der Waals surface area contributed by atoms with Crippen LogP contribution in [0.5, 0.6) is 0 Å². The number of carbonyl (C=O) groups is 1. The van der Waals surface area contributed by atoms with Crippen LogP contribution >= 0.6 is 11.6 Å². The van der Waals surface area contributed by atoms with Crippen molar-refractivity contribution in [1.29, 1.82) is 0 Å². The van der Waals surface area contributed by atoms with E-state index in [-0.39, 0.29) is 5.78 Å². The third kappa shape index (κ3) is 7.70. The smallest absolute Gasteiger partial charge is 0.133 e. The first-order valence-electron chi connectivity index (χ1n) is 2.80. The molecule has 0 aromatic rings. The Morgan fingerprint density at radius 3 is 2.67 bits per heavy atom. The van der Waals surface area contributed by atoms with Crippen molar-refractivity contribution >= 4 is 17.4 Å². The van der Waals surface area contributed by atoms with Gasteiger partial charge in [-0.15, -0.1) is 0 Å². The molecule has 1 nitrogen and oxygen atoms in total. The molecule has 0 amide bonds. The summed E-state index contributed by atoms with van der Waals surface area (Å²) in [6.07, 6.45) is 3.01. The molecule has 0 N–H and O–H groups in total. The molecule has 2 heteroatoms. The molecule has 1 radical (unpaired) electrons. The quantitative estimate of drug-likeness (QED) is 0.596. The second-order valence-corrected chi connectivity index (χ2v) is 2.46. The number of ketones is 1. The maximum Gasteiger partial charge on any atom is 0.133 e. The zero-order valence-corrected chi connectivity index (χ0v) is 6.24. The van der Waals surface area contributed by atoms with Crippen LogP contribution in [0.2, 0.25) is 0 Å². The molecule has 0 saturated carbocycles. The Labute approximate surface area is 60.7 Å². The molecule has 0 atom stereocenters. The summed E-state index contributed by atoms with van der Waals surface area (Å²) in [6, 6.07) is 0. The fraction of sp³-hybridized carbons (Fsp3) is 0.429. The topological polar surface area (TPSA) is 17.1 Å². The lowest BCUT2D eigenvalue weighted by molar-refractivity contribution is -0.114. The number of rotatable bonds is 3. The standard InChI is InChI=1S/C7H10ClO/c1-6(8)4-3-5-7(2)9/h4H,2-3,5H2,1H3. The molecule has 0 aromatic heterocycles. The van der Waals surface area contributed by atoms with Crippen molar-refractivity contribution in [3.05, 3.63) is 18.0 Å². The van der Waals surface area contributed by atoms with E-state index >= 15 is 0 Å². The molecule has 0 unspecified atom stereocenters. The summed E-state index contributed by atoms with van der Waals surface area (Å²) >= 11 is 5.49. The van der Waals surface area contributed by atoms with Gasteiger partial charge in [0, 0.05) is 18.4 Å². The Bertz CT molecular complexity index is 123. The summed E-state index contributed by atoms with van der Waals surface area (Å²) in [6.45, 7) is 5.01. The van der Waals surface area contributed by atoms with E-state index in [9.17, 15) is 4.79 Å². The highest BCUT2D eigenvalue weighted by Gasteiger charge is 1.89. The summed E-state index contributed by atoms with van der Waals surface area (Å²) < 4.78 is 0. The van der Waals surface area contributed by atoms with E-state index in [1.165, 1.54) is 0 Å². The van der Waals surface area contributed by atoms with Gasteiger partial charge >= 0.3 is 0 Å². The minimum atomic E-state index is -0.0378. The molecule has 0 aromatic carbocycles. The Balaban J connectivity index is 3.31. The largest absolute Gasteiger partial charge is 0.300 e. The predicted octanol–water partition coefficient (Wildman–Crippen LogP) is 2.31. The lowest BCUT2D eigenvalue weighted by atomic mass is 10.2.